The normalized spacial score (nSPS) is 20.5. The predicted octanol–water partition coefficient (Wildman–Crippen LogP) is -0.0488. The number of piperidine rings is 1. The van der Waals surface area contributed by atoms with E-state index in [1.165, 1.54) is 0 Å². The number of carbonyl (C=O) groups excluding carboxylic acids is 2. The van der Waals surface area contributed by atoms with Gasteiger partial charge in [0.2, 0.25) is 11.8 Å². The minimum absolute atomic E-state index is 0.00739. The van der Waals surface area contributed by atoms with Crippen LogP contribution >= 0.6 is 0 Å². The fraction of sp³-hybridized carbons (Fsp3) is 0.429. The molecule has 19 heavy (non-hydrogen) atoms. The van der Waals surface area contributed by atoms with Crippen molar-refractivity contribution in [2.75, 3.05) is 6.54 Å². The van der Waals surface area contributed by atoms with Gasteiger partial charge in [-0.2, -0.15) is 0 Å². The summed E-state index contributed by atoms with van der Waals surface area (Å²) in [5.74, 6) is -0.121. The van der Waals surface area contributed by atoms with E-state index in [4.69, 9.17) is 5.73 Å². The van der Waals surface area contributed by atoms with Crippen LogP contribution in [-0.4, -0.2) is 30.4 Å². The first-order valence-electron chi connectivity index (χ1n) is 6.52. The number of nitrogens with one attached hydrogen (secondary N) is 2. The van der Waals surface area contributed by atoms with Gasteiger partial charge in [-0.25, -0.2) is 0 Å². The Balaban J connectivity index is 1.81. The van der Waals surface area contributed by atoms with Crippen molar-refractivity contribution in [3.05, 3.63) is 35.9 Å². The minimum Gasteiger partial charge on any atom is -0.354 e. The van der Waals surface area contributed by atoms with Gasteiger partial charge < -0.3 is 16.4 Å². The molecule has 0 spiro atoms. The highest BCUT2D eigenvalue weighted by Gasteiger charge is 2.22. The van der Waals surface area contributed by atoms with Crippen LogP contribution in [0.3, 0.4) is 0 Å². The van der Waals surface area contributed by atoms with Crippen molar-refractivity contribution in [2.45, 2.75) is 31.3 Å². The Morgan fingerprint density at radius 2 is 2.16 bits per heavy atom. The van der Waals surface area contributed by atoms with E-state index in [1.54, 1.807) is 0 Å². The van der Waals surface area contributed by atoms with Crippen molar-refractivity contribution >= 4 is 11.8 Å². The minimum atomic E-state index is -0.556. The van der Waals surface area contributed by atoms with Gasteiger partial charge in [0.15, 0.2) is 0 Å². The molecule has 5 nitrogen and oxygen atoms in total. The van der Waals surface area contributed by atoms with Crippen LogP contribution in [0.2, 0.25) is 0 Å². The Kier molecular flexibility index (Phi) is 4.52. The summed E-state index contributed by atoms with van der Waals surface area (Å²) in [6, 6.07) is 9.13. The van der Waals surface area contributed by atoms with Crippen LogP contribution in [-0.2, 0) is 16.0 Å². The Labute approximate surface area is 112 Å². The summed E-state index contributed by atoms with van der Waals surface area (Å²) in [6.45, 7) is 0.489. The molecule has 1 unspecified atom stereocenters. The van der Waals surface area contributed by atoms with E-state index in [9.17, 15) is 9.59 Å². The third-order valence-electron chi connectivity index (χ3n) is 3.25. The van der Waals surface area contributed by atoms with Crippen LogP contribution < -0.4 is 16.4 Å². The SMILES string of the molecule is N[C@H](Cc1ccccc1)C(=O)NC1CCC(=O)NC1. The van der Waals surface area contributed by atoms with Gasteiger partial charge in [-0.05, 0) is 18.4 Å². The average molecular weight is 261 g/mol. The van der Waals surface area contributed by atoms with E-state index in [0.29, 0.717) is 25.8 Å². The molecule has 1 aliphatic rings. The van der Waals surface area contributed by atoms with Gasteiger partial charge in [0.25, 0.3) is 0 Å². The topological polar surface area (TPSA) is 84.2 Å². The van der Waals surface area contributed by atoms with Gasteiger partial charge in [0, 0.05) is 19.0 Å². The van der Waals surface area contributed by atoms with Crippen LogP contribution in [0.15, 0.2) is 30.3 Å². The molecule has 4 N–H and O–H groups in total. The number of nitrogens with two attached hydrogens (primary N) is 1. The van der Waals surface area contributed by atoms with Gasteiger partial charge in [0.05, 0.1) is 6.04 Å². The zero-order valence-corrected chi connectivity index (χ0v) is 10.8. The number of hydrogen-bond donors (Lipinski definition) is 3. The fourth-order valence-corrected chi connectivity index (χ4v) is 2.12. The molecule has 0 saturated carbocycles. The average Bonchev–Trinajstić information content (AvgIpc) is 2.42. The molecular formula is C14H19N3O2. The number of carbonyl (C=O) groups is 2. The van der Waals surface area contributed by atoms with Crippen LogP contribution in [0.25, 0.3) is 0 Å². The van der Waals surface area contributed by atoms with Crippen molar-refractivity contribution in [1.29, 1.82) is 0 Å². The molecule has 0 aliphatic carbocycles. The van der Waals surface area contributed by atoms with E-state index in [-0.39, 0.29) is 17.9 Å². The standard InChI is InChI=1S/C14H19N3O2/c15-12(8-10-4-2-1-3-5-10)14(19)17-11-6-7-13(18)16-9-11/h1-5,11-12H,6-9,15H2,(H,16,18)(H,17,19)/t11?,12-/m1/s1. The Morgan fingerprint density at radius 1 is 1.42 bits per heavy atom. The van der Waals surface area contributed by atoms with Gasteiger partial charge in [-0.15, -0.1) is 0 Å². The smallest absolute Gasteiger partial charge is 0.237 e. The van der Waals surface area contributed by atoms with Gasteiger partial charge in [-0.3, -0.25) is 9.59 Å². The summed E-state index contributed by atoms with van der Waals surface area (Å²) in [4.78, 5) is 23.0. The zero-order chi connectivity index (χ0) is 13.7. The second-order valence-electron chi connectivity index (χ2n) is 4.84. The largest absolute Gasteiger partial charge is 0.354 e. The van der Waals surface area contributed by atoms with E-state index in [1.807, 2.05) is 30.3 Å². The molecular weight excluding hydrogens is 242 g/mol. The highest BCUT2D eigenvalue weighted by Crippen LogP contribution is 2.05. The molecule has 5 heteroatoms. The fourth-order valence-electron chi connectivity index (χ4n) is 2.12. The molecule has 0 radical (unpaired) electrons. The second-order valence-corrected chi connectivity index (χ2v) is 4.84. The maximum Gasteiger partial charge on any atom is 0.237 e. The van der Waals surface area contributed by atoms with Crippen molar-refractivity contribution in [1.82, 2.24) is 10.6 Å². The summed E-state index contributed by atoms with van der Waals surface area (Å²) in [5, 5.41) is 5.61. The number of rotatable bonds is 4. The first-order valence-corrected chi connectivity index (χ1v) is 6.52. The summed E-state index contributed by atoms with van der Waals surface area (Å²) >= 11 is 0. The molecule has 2 atom stereocenters. The highest BCUT2D eigenvalue weighted by atomic mass is 16.2. The Bertz CT molecular complexity index is 437. The van der Waals surface area contributed by atoms with Crippen LogP contribution in [0.4, 0.5) is 0 Å². The molecule has 102 valence electrons. The van der Waals surface area contributed by atoms with Crippen LogP contribution in [0.5, 0.6) is 0 Å². The molecule has 1 fully saturated rings. The number of hydrogen-bond acceptors (Lipinski definition) is 3. The molecule has 1 aliphatic heterocycles. The third kappa shape index (κ3) is 4.06. The Hall–Kier alpha value is -1.88. The maximum atomic E-state index is 11.9. The van der Waals surface area contributed by atoms with Crippen molar-refractivity contribution in [3.63, 3.8) is 0 Å². The van der Waals surface area contributed by atoms with Crippen molar-refractivity contribution in [2.24, 2.45) is 5.73 Å². The molecule has 2 amide bonds. The molecule has 0 aromatic heterocycles. The highest BCUT2D eigenvalue weighted by molar-refractivity contribution is 5.82. The van der Waals surface area contributed by atoms with E-state index in [0.717, 1.165) is 5.56 Å². The third-order valence-corrected chi connectivity index (χ3v) is 3.25. The van der Waals surface area contributed by atoms with E-state index >= 15 is 0 Å². The van der Waals surface area contributed by atoms with Crippen LogP contribution in [0.1, 0.15) is 18.4 Å². The quantitative estimate of drug-likeness (QED) is 0.710. The maximum absolute atomic E-state index is 11.9. The van der Waals surface area contributed by atoms with Crippen molar-refractivity contribution in [3.8, 4) is 0 Å². The lowest BCUT2D eigenvalue weighted by Crippen LogP contribution is -2.52. The second kappa shape index (κ2) is 6.33. The lowest BCUT2D eigenvalue weighted by Gasteiger charge is -2.24. The molecule has 1 saturated heterocycles. The van der Waals surface area contributed by atoms with E-state index in [2.05, 4.69) is 10.6 Å². The summed E-state index contributed by atoms with van der Waals surface area (Å²) in [6.07, 6.45) is 1.65. The van der Waals surface area contributed by atoms with Gasteiger partial charge in [0.1, 0.15) is 0 Å². The first-order chi connectivity index (χ1) is 9.15. The van der Waals surface area contributed by atoms with Crippen LogP contribution in [0, 0.1) is 0 Å². The van der Waals surface area contributed by atoms with Gasteiger partial charge >= 0.3 is 0 Å². The summed E-state index contributed by atoms with van der Waals surface area (Å²) < 4.78 is 0. The van der Waals surface area contributed by atoms with Crippen molar-refractivity contribution < 1.29 is 9.59 Å². The molecule has 1 heterocycles. The lowest BCUT2D eigenvalue weighted by atomic mass is 10.0. The monoisotopic (exact) mass is 261 g/mol. The number of benzene rings is 1. The summed E-state index contributed by atoms with van der Waals surface area (Å²) in [5.41, 5.74) is 6.94. The molecule has 1 aromatic rings. The van der Waals surface area contributed by atoms with Gasteiger partial charge in [-0.1, -0.05) is 30.3 Å². The zero-order valence-electron chi connectivity index (χ0n) is 10.8. The molecule has 1 aromatic carbocycles. The lowest BCUT2D eigenvalue weighted by molar-refractivity contribution is -0.126. The molecule has 0 bridgehead atoms. The summed E-state index contributed by atoms with van der Waals surface area (Å²) in [7, 11) is 0. The molecule has 2 rings (SSSR count). The first kappa shape index (κ1) is 13.5. The predicted molar refractivity (Wildman–Crippen MR) is 72.3 cm³/mol. The van der Waals surface area contributed by atoms with E-state index < -0.39 is 6.04 Å². The number of amides is 2. The Morgan fingerprint density at radius 3 is 2.79 bits per heavy atom.